The Balaban J connectivity index is 1.51. The Kier molecular flexibility index (Phi) is 5.94. The van der Waals surface area contributed by atoms with E-state index in [-0.39, 0.29) is 17.0 Å². The van der Waals surface area contributed by atoms with Crippen LogP contribution in [0.4, 0.5) is 26.3 Å². The van der Waals surface area contributed by atoms with E-state index in [0.29, 0.717) is 30.2 Å². The van der Waals surface area contributed by atoms with Gasteiger partial charge in [0.05, 0.1) is 0 Å². The van der Waals surface area contributed by atoms with Crippen molar-refractivity contribution in [2.45, 2.75) is 44.9 Å². The zero-order valence-electron chi connectivity index (χ0n) is 16.3. The molecule has 0 saturated heterocycles. The highest BCUT2D eigenvalue weighted by Gasteiger charge is 2.31. The molecular weight excluding hydrogens is 402 g/mol. The van der Waals surface area contributed by atoms with Gasteiger partial charge in [-0.1, -0.05) is 12.1 Å². The minimum Gasteiger partial charge on any atom is -0.206 e. The third-order valence-corrected chi connectivity index (χ3v) is 6.73. The number of hydrogen-bond acceptors (Lipinski definition) is 0. The molecular formula is C24H22F6. The molecule has 6 heteroatoms. The van der Waals surface area contributed by atoms with Gasteiger partial charge in [-0.05, 0) is 97.6 Å². The van der Waals surface area contributed by atoms with Gasteiger partial charge in [-0.2, -0.15) is 8.78 Å². The van der Waals surface area contributed by atoms with Crippen LogP contribution in [0.1, 0.15) is 43.2 Å². The number of rotatable bonds is 3. The second-order valence-corrected chi connectivity index (χ2v) is 8.45. The average molecular weight is 424 g/mol. The monoisotopic (exact) mass is 424 g/mol. The summed E-state index contributed by atoms with van der Waals surface area (Å²) in [4.78, 5) is 0. The molecule has 0 heterocycles. The van der Waals surface area contributed by atoms with E-state index in [1.54, 1.807) is 6.07 Å². The highest BCUT2D eigenvalue weighted by Crippen LogP contribution is 2.42. The lowest BCUT2D eigenvalue weighted by atomic mass is 9.69. The van der Waals surface area contributed by atoms with Crippen LogP contribution in [0.25, 0.3) is 11.1 Å². The Morgan fingerprint density at radius 2 is 1.47 bits per heavy atom. The van der Waals surface area contributed by atoms with Gasteiger partial charge in [0.25, 0.3) is 6.08 Å². The van der Waals surface area contributed by atoms with Crippen molar-refractivity contribution in [2.75, 3.05) is 0 Å². The van der Waals surface area contributed by atoms with Crippen molar-refractivity contribution in [3.05, 3.63) is 70.8 Å². The molecule has 1 unspecified atom stereocenters. The molecule has 0 N–H and O–H groups in total. The van der Waals surface area contributed by atoms with Gasteiger partial charge in [0, 0.05) is 5.56 Å². The van der Waals surface area contributed by atoms with E-state index in [4.69, 9.17) is 0 Å². The Morgan fingerprint density at radius 3 is 2.10 bits per heavy atom. The zero-order valence-corrected chi connectivity index (χ0v) is 16.3. The minimum atomic E-state index is -1.61. The van der Waals surface area contributed by atoms with E-state index in [9.17, 15) is 22.0 Å². The van der Waals surface area contributed by atoms with Crippen LogP contribution >= 0.6 is 0 Å². The minimum absolute atomic E-state index is 0.0275. The number of halogens is 6. The fourth-order valence-electron chi connectivity index (χ4n) is 5.13. The summed E-state index contributed by atoms with van der Waals surface area (Å²) in [6.45, 7) is 0. The maximum absolute atomic E-state index is 15.1. The molecule has 30 heavy (non-hydrogen) atoms. The van der Waals surface area contributed by atoms with Crippen molar-refractivity contribution >= 4 is 0 Å². The van der Waals surface area contributed by atoms with E-state index in [0.717, 1.165) is 55.9 Å². The molecule has 0 amide bonds. The summed E-state index contributed by atoms with van der Waals surface area (Å²) in [6, 6.07) is 4.89. The smallest absolute Gasteiger partial charge is 0.206 e. The van der Waals surface area contributed by atoms with Crippen molar-refractivity contribution in [1.82, 2.24) is 0 Å². The van der Waals surface area contributed by atoms with E-state index < -0.39 is 29.3 Å². The molecule has 1 fully saturated rings. The van der Waals surface area contributed by atoms with Crippen LogP contribution in [0.15, 0.2) is 36.4 Å². The van der Waals surface area contributed by atoms with Gasteiger partial charge in [-0.3, -0.25) is 0 Å². The predicted molar refractivity (Wildman–Crippen MR) is 103 cm³/mol. The van der Waals surface area contributed by atoms with Crippen LogP contribution in [0.3, 0.4) is 0 Å². The highest BCUT2D eigenvalue weighted by molar-refractivity contribution is 5.66. The molecule has 2 aliphatic carbocycles. The molecule has 160 valence electrons. The highest BCUT2D eigenvalue weighted by atomic mass is 19.3. The van der Waals surface area contributed by atoms with Gasteiger partial charge in [0.2, 0.25) is 0 Å². The van der Waals surface area contributed by atoms with Crippen LogP contribution in [0, 0.1) is 41.0 Å². The summed E-state index contributed by atoms with van der Waals surface area (Å²) in [7, 11) is 0. The Labute approximate surface area is 171 Å². The van der Waals surface area contributed by atoms with E-state index in [1.807, 2.05) is 0 Å². The van der Waals surface area contributed by atoms with Crippen molar-refractivity contribution in [3.63, 3.8) is 0 Å². The molecule has 2 aliphatic rings. The lowest BCUT2D eigenvalue weighted by Gasteiger charge is -2.36. The number of hydrogen-bond donors (Lipinski definition) is 0. The first-order valence-corrected chi connectivity index (χ1v) is 10.3. The fourth-order valence-corrected chi connectivity index (χ4v) is 5.13. The van der Waals surface area contributed by atoms with Gasteiger partial charge in [-0.25, -0.2) is 17.6 Å². The van der Waals surface area contributed by atoms with Gasteiger partial charge in [-0.15, -0.1) is 0 Å². The van der Waals surface area contributed by atoms with Gasteiger partial charge in [0.1, 0.15) is 5.82 Å². The molecule has 2 aromatic rings. The van der Waals surface area contributed by atoms with E-state index >= 15 is 4.39 Å². The van der Waals surface area contributed by atoms with Crippen LogP contribution in [0.2, 0.25) is 0 Å². The first-order valence-electron chi connectivity index (χ1n) is 10.3. The zero-order chi connectivity index (χ0) is 21.4. The second kappa shape index (κ2) is 8.48. The summed E-state index contributed by atoms with van der Waals surface area (Å²) >= 11 is 0. The molecule has 4 rings (SSSR count). The van der Waals surface area contributed by atoms with Crippen LogP contribution in [-0.4, -0.2) is 0 Å². The molecule has 1 saturated carbocycles. The quantitative estimate of drug-likeness (QED) is 0.352. The first-order chi connectivity index (χ1) is 14.3. The standard InChI is InChI=1S/C24H22F6/c25-20-11-17(12-21(26)24(20)30)19-8-6-16-10-15(5-7-18(16)23(19)29)14-3-1-13(2-4-14)9-22(27)28/h6,8-9,11-15H,1-5,7,10H2. The SMILES string of the molecule is FC(F)=CC1CCC(C2CCc3c(ccc(-c4cc(F)c(F)c(F)c4)c3F)C2)CC1. The molecule has 0 spiro atoms. The van der Waals surface area contributed by atoms with Crippen LogP contribution in [0.5, 0.6) is 0 Å². The largest absolute Gasteiger partial charge is 0.266 e. The summed E-state index contributed by atoms with van der Waals surface area (Å²) in [5.41, 5.74) is 1.46. The Bertz CT molecular complexity index is 945. The lowest BCUT2D eigenvalue weighted by Crippen LogP contribution is -2.26. The summed E-state index contributed by atoms with van der Waals surface area (Å²) in [5.74, 6) is -4.01. The number of benzene rings is 2. The molecule has 0 aliphatic heterocycles. The maximum atomic E-state index is 15.1. The van der Waals surface area contributed by atoms with E-state index in [1.165, 1.54) is 6.07 Å². The molecule has 0 aromatic heterocycles. The topological polar surface area (TPSA) is 0 Å². The van der Waals surface area contributed by atoms with Crippen molar-refractivity contribution < 1.29 is 26.3 Å². The van der Waals surface area contributed by atoms with Gasteiger partial charge < -0.3 is 0 Å². The third kappa shape index (κ3) is 4.14. The van der Waals surface area contributed by atoms with Crippen LogP contribution in [-0.2, 0) is 12.8 Å². The van der Waals surface area contributed by atoms with Crippen molar-refractivity contribution in [2.24, 2.45) is 17.8 Å². The third-order valence-electron chi connectivity index (χ3n) is 6.73. The number of fused-ring (bicyclic) bond motifs is 1. The molecule has 0 nitrogen and oxygen atoms in total. The average Bonchev–Trinajstić information content (AvgIpc) is 2.72. The van der Waals surface area contributed by atoms with Gasteiger partial charge >= 0.3 is 0 Å². The normalized spacial score (nSPS) is 23.7. The number of allylic oxidation sites excluding steroid dienone is 1. The van der Waals surface area contributed by atoms with Gasteiger partial charge in [0.15, 0.2) is 17.5 Å². The second-order valence-electron chi connectivity index (χ2n) is 8.45. The Hall–Kier alpha value is -2.24. The summed E-state index contributed by atoms with van der Waals surface area (Å²) in [5, 5.41) is 0. The molecule has 0 radical (unpaired) electrons. The van der Waals surface area contributed by atoms with Crippen molar-refractivity contribution in [3.8, 4) is 11.1 Å². The summed E-state index contributed by atoms with van der Waals surface area (Å²) < 4.78 is 80.4. The predicted octanol–water partition coefficient (Wildman–Crippen LogP) is 7.60. The molecule has 0 bridgehead atoms. The maximum Gasteiger partial charge on any atom is 0.266 e. The fraction of sp³-hybridized carbons (Fsp3) is 0.417. The summed E-state index contributed by atoms with van der Waals surface area (Å²) in [6.07, 6.45) is 4.75. The van der Waals surface area contributed by atoms with E-state index in [2.05, 4.69) is 0 Å². The van der Waals surface area contributed by atoms with Crippen molar-refractivity contribution in [1.29, 1.82) is 0 Å². The molecule has 2 aromatic carbocycles. The van der Waals surface area contributed by atoms with Crippen LogP contribution < -0.4 is 0 Å². The first kappa shape index (κ1) is 21.0. The lowest BCUT2D eigenvalue weighted by molar-refractivity contribution is 0.203. The molecule has 1 atom stereocenters. The Morgan fingerprint density at radius 1 is 0.800 bits per heavy atom.